The smallest absolute Gasteiger partial charge is 0.388 e. The molecule has 0 bridgehead atoms. The summed E-state index contributed by atoms with van der Waals surface area (Å²) in [5.41, 5.74) is -2.45. The van der Waals surface area contributed by atoms with Gasteiger partial charge in [-0.15, -0.1) is 0 Å². The normalized spacial score (nSPS) is 16.9. The second kappa shape index (κ2) is 7.45. The molecule has 2 N–H and O–H groups in total. The molecule has 0 radical (unpaired) electrons. The van der Waals surface area contributed by atoms with Crippen molar-refractivity contribution in [1.29, 1.82) is 0 Å². The number of aromatic nitrogens is 3. The van der Waals surface area contributed by atoms with Crippen molar-refractivity contribution in [3.63, 3.8) is 0 Å². The molecule has 2 aromatic rings. The van der Waals surface area contributed by atoms with Crippen LogP contribution in [0.4, 0.5) is 18.9 Å². The summed E-state index contributed by atoms with van der Waals surface area (Å²) in [7, 11) is 0. The fraction of sp³-hybridized carbons (Fsp3) is 0.438. The molecule has 11 heteroatoms. The molecule has 1 aliphatic heterocycles. The van der Waals surface area contributed by atoms with Gasteiger partial charge in [-0.1, -0.05) is 11.6 Å². The van der Waals surface area contributed by atoms with Crippen LogP contribution in [0.5, 0.6) is 0 Å². The summed E-state index contributed by atoms with van der Waals surface area (Å²) < 4.78 is 43.8. The fourth-order valence-corrected chi connectivity index (χ4v) is 2.78. The van der Waals surface area contributed by atoms with Gasteiger partial charge in [-0.3, -0.25) is 4.79 Å². The number of ether oxygens (including phenoxy) is 1. The van der Waals surface area contributed by atoms with Gasteiger partial charge in [0.05, 0.1) is 23.0 Å². The van der Waals surface area contributed by atoms with Crippen LogP contribution in [0, 0.1) is 0 Å². The maximum absolute atomic E-state index is 12.6. The van der Waals surface area contributed by atoms with Gasteiger partial charge < -0.3 is 15.2 Å². The highest BCUT2D eigenvalue weighted by atomic mass is 35.5. The van der Waals surface area contributed by atoms with Crippen LogP contribution in [-0.4, -0.2) is 45.2 Å². The lowest BCUT2D eigenvalue weighted by Gasteiger charge is -2.32. The van der Waals surface area contributed by atoms with E-state index < -0.39 is 22.9 Å². The topological polar surface area (TPSA) is 89.3 Å². The van der Waals surface area contributed by atoms with Crippen molar-refractivity contribution in [1.82, 2.24) is 14.8 Å². The van der Waals surface area contributed by atoms with E-state index in [-0.39, 0.29) is 23.1 Å². The van der Waals surface area contributed by atoms with Crippen molar-refractivity contribution in [3.8, 4) is 5.82 Å². The molecular weight excluding hydrogens is 389 g/mol. The van der Waals surface area contributed by atoms with Crippen LogP contribution in [0.15, 0.2) is 29.3 Å². The third-order valence-electron chi connectivity index (χ3n) is 4.24. The van der Waals surface area contributed by atoms with E-state index in [1.165, 1.54) is 6.20 Å². The first-order chi connectivity index (χ1) is 12.7. The molecule has 3 rings (SSSR count). The van der Waals surface area contributed by atoms with Crippen LogP contribution >= 0.6 is 11.6 Å². The number of hydrogen-bond donors (Lipinski definition) is 2. The predicted octanol–water partition coefficient (Wildman–Crippen LogP) is 2.25. The number of pyridine rings is 1. The van der Waals surface area contributed by atoms with Crippen LogP contribution in [0.25, 0.3) is 5.82 Å². The van der Waals surface area contributed by atoms with Gasteiger partial charge in [0.25, 0.3) is 5.56 Å². The second-order valence-corrected chi connectivity index (χ2v) is 6.56. The Morgan fingerprint density at radius 2 is 2.00 bits per heavy atom. The van der Waals surface area contributed by atoms with Crippen LogP contribution < -0.4 is 10.9 Å². The number of rotatable bonds is 4. The molecule has 146 valence electrons. The molecule has 0 unspecified atom stereocenters. The zero-order chi connectivity index (χ0) is 19.7. The number of hydrogen-bond acceptors (Lipinski definition) is 6. The van der Waals surface area contributed by atoms with E-state index in [4.69, 9.17) is 16.3 Å². The highest BCUT2D eigenvalue weighted by Crippen LogP contribution is 2.28. The minimum absolute atomic E-state index is 0.0930. The molecule has 0 saturated carbocycles. The standard InChI is InChI=1S/C16H16ClF3N4O3/c17-13-11(22-9-15(26)3-5-27-6-4-15)8-23-24(14(13)25)12-2-1-10(7-21-12)16(18,19)20/h1-2,7-8,22,26H,3-6,9H2. The minimum atomic E-state index is -4.53. The van der Waals surface area contributed by atoms with Gasteiger partial charge in [0.15, 0.2) is 5.82 Å². The monoisotopic (exact) mass is 404 g/mol. The summed E-state index contributed by atoms with van der Waals surface area (Å²) in [5.74, 6) is -0.0930. The van der Waals surface area contributed by atoms with E-state index >= 15 is 0 Å². The Morgan fingerprint density at radius 3 is 2.59 bits per heavy atom. The Labute approximate surface area is 156 Å². The molecule has 3 heterocycles. The molecule has 2 aromatic heterocycles. The highest BCUT2D eigenvalue weighted by Gasteiger charge is 2.31. The zero-order valence-corrected chi connectivity index (χ0v) is 14.7. The van der Waals surface area contributed by atoms with Gasteiger partial charge in [-0.25, -0.2) is 4.98 Å². The molecule has 0 aliphatic carbocycles. The molecular formula is C16H16ClF3N4O3. The van der Waals surface area contributed by atoms with E-state index in [9.17, 15) is 23.1 Å². The first-order valence-electron chi connectivity index (χ1n) is 8.05. The van der Waals surface area contributed by atoms with Crippen molar-refractivity contribution < 1.29 is 23.0 Å². The summed E-state index contributed by atoms with van der Waals surface area (Å²) in [5, 5.41) is 17.0. The molecule has 1 saturated heterocycles. The number of nitrogens with one attached hydrogen (secondary N) is 1. The summed E-state index contributed by atoms with van der Waals surface area (Å²) in [4.78, 5) is 16.0. The van der Waals surface area contributed by atoms with Crippen molar-refractivity contribution in [2.24, 2.45) is 0 Å². The fourth-order valence-electron chi connectivity index (χ4n) is 2.59. The molecule has 0 aromatic carbocycles. The van der Waals surface area contributed by atoms with Crippen molar-refractivity contribution in [2.75, 3.05) is 25.1 Å². The summed E-state index contributed by atoms with van der Waals surface area (Å²) in [6.07, 6.45) is -1.77. The first-order valence-corrected chi connectivity index (χ1v) is 8.43. The summed E-state index contributed by atoms with van der Waals surface area (Å²) in [6.45, 7) is 1.02. The Bertz CT molecular complexity index is 865. The minimum Gasteiger partial charge on any atom is -0.388 e. The molecule has 0 spiro atoms. The average Bonchev–Trinajstić information content (AvgIpc) is 2.63. The van der Waals surface area contributed by atoms with Crippen molar-refractivity contribution in [3.05, 3.63) is 45.5 Å². The SMILES string of the molecule is O=c1c(Cl)c(NCC2(O)CCOCC2)cnn1-c1ccc(C(F)(F)F)cn1. The Hall–Kier alpha value is -2.17. The van der Waals surface area contributed by atoms with Gasteiger partial charge >= 0.3 is 6.18 Å². The lowest BCUT2D eigenvalue weighted by atomic mass is 9.94. The van der Waals surface area contributed by atoms with E-state index in [0.29, 0.717) is 32.3 Å². The Kier molecular flexibility index (Phi) is 5.41. The molecule has 7 nitrogen and oxygen atoms in total. The lowest BCUT2D eigenvalue weighted by Crippen LogP contribution is -2.42. The first kappa shape index (κ1) is 19.6. The maximum Gasteiger partial charge on any atom is 0.417 e. The Balaban J connectivity index is 1.80. The largest absolute Gasteiger partial charge is 0.417 e. The molecule has 0 amide bonds. The molecule has 1 aliphatic rings. The molecule has 27 heavy (non-hydrogen) atoms. The predicted molar refractivity (Wildman–Crippen MR) is 91.1 cm³/mol. The number of alkyl halides is 3. The van der Waals surface area contributed by atoms with Crippen molar-refractivity contribution in [2.45, 2.75) is 24.6 Å². The molecule has 0 atom stereocenters. The van der Waals surface area contributed by atoms with Crippen LogP contribution in [0.2, 0.25) is 5.02 Å². The van der Waals surface area contributed by atoms with Crippen LogP contribution in [0.1, 0.15) is 18.4 Å². The molecule has 1 fully saturated rings. The third-order valence-corrected chi connectivity index (χ3v) is 4.61. The van der Waals surface area contributed by atoms with E-state index in [1.54, 1.807) is 0 Å². The Morgan fingerprint density at radius 1 is 1.30 bits per heavy atom. The van der Waals surface area contributed by atoms with Gasteiger partial charge in [0.2, 0.25) is 0 Å². The summed E-state index contributed by atoms with van der Waals surface area (Å²) >= 11 is 6.07. The van der Waals surface area contributed by atoms with Gasteiger partial charge in [-0.2, -0.15) is 23.0 Å². The highest BCUT2D eigenvalue weighted by molar-refractivity contribution is 6.32. The number of halogens is 4. The maximum atomic E-state index is 12.6. The zero-order valence-electron chi connectivity index (χ0n) is 14.0. The lowest BCUT2D eigenvalue weighted by molar-refractivity contribution is -0.137. The van der Waals surface area contributed by atoms with E-state index in [0.717, 1.165) is 16.8 Å². The van der Waals surface area contributed by atoms with Gasteiger partial charge in [0.1, 0.15) is 5.02 Å². The van der Waals surface area contributed by atoms with E-state index in [1.807, 2.05) is 0 Å². The number of nitrogens with zero attached hydrogens (tertiary/aromatic N) is 3. The van der Waals surface area contributed by atoms with Crippen LogP contribution in [0.3, 0.4) is 0 Å². The number of anilines is 1. The van der Waals surface area contributed by atoms with Crippen LogP contribution in [-0.2, 0) is 10.9 Å². The average molecular weight is 405 g/mol. The van der Waals surface area contributed by atoms with E-state index in [2.05, 4.69) is 15.4 Å². The number of aliphatic hydroxyl groups is 1. The summed E-state index contributed by atoms with van der Waals surface area (Å²) in [6, 6.07) is 1.84. The quantitative estimate of drug-likeness (QED) is 0.812. The van der Waals surface area contributed by atoms with Crippen molar-refractivity contribution >= 4 is 17.3 Å². The second-order valence-electron chi connectivity index (χ2n) is 6.18. The van der Waals surface area contributed by atoms with Gasteiger partial charge in [-0.05, 0) is 12.1 Å². The van der Waals surface area contributed by atoms with Gasteiger partial charge in [0, 0.05) is 38.8 Å². The third kappa shape index (κ3) is 4.40.